The SMILES string of the molecule is O=C(Nc1ccnc(Cl)c1)c1cnc2c(NC3CC3)cc(NC3CCC(CC(=O)[C@@H]4C[C@@H](O)CN4)CC3)nn12. The molecule has 3 aliphatic rings. The summed E-state index contributed by atoms with van der Waals surface area (Å²) in [6.07, 6.45) is 9.72. The molecular weight excluding hydrogens is 520 g/mol. The number of anilines is 3. The van der Waals surface area contributed by atoms with Crippen molar-refractivity contribution in [1.29, 1.82) is 0 Å². The number of Topliss-reactive ketones (excluding diaryl/α,β-unsaturated/α-hetero) is 1. The van der Waals surface area contributed by atoms with E-state index in [4.69, 9.17) is 16.7 Å². The zero-order chi connectivity index (χ0) is 26.9. The Morgan fingerprint density at radius 1 is 1.08 bits per heavy atom. The molecule has 11 nitrogen and oxygen atoms in total. The average Bonchev–Trinajstić information content (AvgIpc) is 3.44. The number of ketones is 1. The fraction of sp³-hybridized carbons (Fsp3) is 0.519. The zero-order valence-electron chi connectivity index (χ0n) is 21.6. The third kappa shape index (κ3) is 6.15. The Hall–Kier alpha value is -3.28. The first kappa shape index (κ1) is 26.0. The van der Waals surface area contributed by atoms with E-state index in [1.165, 1.54) is 12.4 Å². The summed E-state index contributed by atoms with van der Waals surface area (Å²) in [6.45, 7) is 0.500. The Labute approximate surface area is 231 Å². The number of rotatable bonds is 9. The van der Waals surface area contributed by atoms with Gasteiger partial charge in [0, 0.05) is 43.0 Å². The number of nitrogens with one attached hydrogen (secondary N) is 4. The predicted molar refractivity (Wildman–Crippen MR) is 148 cm³/mol. The van der Waals surface area contributed by atoms with Gasteiger partial charge in [-0.05, 0) is 63.0 Å². The van der Waals surface area contributed by atoms with Crippen molar-refractivity contribution in [3.8, 4) is 0 Å². The van der Waals surface area contributed by atoms with Crippen LogP contribution in [0.1, 0.15) is 61.9 Å². The number of β-amino-alcohol motifs (C(OH)–C–C–N with tert-alkyl or cyclic N) is 1. The van der Waals surface area contributed by atoms with E-state index in [1.807, 2.05) is 6.07 Å². The number of amides is 1. The number of pyridine rings is 1. The number of carbonyl (C=O) groups is 2. The monoisotopic (exact) mass is 552 g/mol. The molecule has 39 heavy (non-hydrogen) atoms. The topological polar surface area (TPSA) is 146 Å². The number of carbonyl (C=O) groups excluding carboxylic acids is 2. The summed E-state index contributed by atoms with van der Waals surface area (Å²) >= 11 is 5.97. The van der Waals surface area contributed by atoms with Crippen LogP contribution in [0.2, 0.25) is 5.15 Å². The highest BCUT2D eigenvalue weighted by Gasteiger charge is 2.31. The lowest BCUT2D eigenvalue weighted by Crippen LogP contribution is -2.34. The van der Waals surface area contributed by atoms with Crippen LogP contribution in [0.5, 0.6) is 0 Å². The summed E-state index contributed by atoms with van der Waals surface area (Å²) in [5.41, 5.74) is 2.29. The van der Waals surface area contributed by atoms with Gasteiger partial charge in [-0.1, -0.05) is 11.6 Å². The number of aromatic nitrogens is 4. The second-order valence-electron chi connectivity index (χ2n) is 10.9. The van der Waals surface area contributed by atoms with Crippen molar-refractivity contribution in [3.63, 3.8) is 0 Å². The van der Waals surface area contributed by atoms with E-state index in [0.717, 1.165) is 44.2 Å². The molecule has 2 saturated carbocycles. The minimum Gasteiger partial charge on any atom is -0.392 e. The molecule has 0 aromatic carbocycles. The molecule has 2 atom stereocenters. The van der Waals surface area contributed by atoms with Crippen LogP contribution in [0, 0.1) is 5.92 Å². The van der Waals surface area contributed by atoms with E-state index < -0.39 is 6.10 Å². The van der Waals surface area contributed by atoms with Gasteiger partial charge in [0.05, 0.1) is 24.0 Å². The molecule has 12 heteroatoms. The van der Waals surface area contributed by atoms with Gasteiger partial charge in [-0.15, -0.1) is 5.10 Å². The molecule has 2 aliphatic carbocycles. The molecule has 3 aromatic rings. The summed E-state index contributed by atoms with van der Waals surface area (Å²) < 4.78 is 1.58. The van der Waals surface area contributed by atoms with Crippen molar-refractivity contribution in [2.24, 2.45) is 5.92 Å². The van der Waals surface area contributed by atoms with Gasteiger partial charge < -0.3 is 26.4 Å². The lowest BCUT2D eigenvalue weighted by molar-refractivity contribution is -0.122. The van der Waals surface area contributed by atoms with Crippen molar-refractivity contribution in [2.75, 3.05) is 22.5 Å². The summed E-state index contributed by atoms with van der Waals surface area (Å²) in [5.74, 6) is 0.906. The molecule has 6 rings (SSSR count). The van der Waals surface area contributed by atoms with Gasteiger partial charge in [-0.25, -0.2) is 14.5 Å². The molecule has 0 spiro atoms. The number of hydrogen-bond acceptors (Lipinski definition) is 9. The Morgan fingerprint density at radius 3 is 2.56 bits per heavy atom. The van der Waals surface area contributed by atoms with Gasteiger partial charge in [0.25, 0.3) is 5.91 Å². The van der Waals surface area contributed by atoms with Crippen molar-refractivity contribution in [1.82, 2.24) is 24.9 Å². The second kappa shape index (κ2) is 11.1. The normalized spacial score (nSPS) is 25.0. The third-order valence-electron chi connectivity index (χ3n) is 7.81. The molecule has 3 aromatic heterocycles. The Morgan fingerprint density at radius 2 is 1.85 bits per heavy atom. The molecule has 3 fully saturated rings. The smallest absolute Gasteiger partial charge is 0.276 e. The quantitative estimate of drug-likeness (QED) is 0.252. The Kier molecular flexibility index (Phi) is 7.37. The van der Waals surface area contributed by atoms with Gasteiger partial charge in [0.2, 0.25) is 0 Å². The van der Waals surface area contributed by atoms with E-state index >= 15 is 0 Å². The summed E-state index contributed by atoms with van der Waals surface area (Å²) in [7, 11) is 0. The number of imidazole rings is 1. The second-order valence-corrected chi connectivity index (χ2v) is 11.3. The minimum absolute atomic E-state index is 0.207. The Bertz CT molecular complexity index is 1370. The number of halogens is 1. The zero-order valence-corrected chi connectivity index (χ0v) is 22.3. The van der Waals surface area contributed by atoms with Crippen molar-refractivity contribution >= 4 is 46.1 Å². The summed E-state index contributed by atoms with van der Waals surface area (Å²) in [6, 6.07) is 5.65. The minimum atomic E-state index is -0.417. The third-order valence-corrected chi connectivity index (χ3v) is 8.01. The van der Waals surface area contributed by atoms with Gasteiger partial charge in [0.15, 0.2) is 11.3 Å². The highest BCUT2D eigenvalue weighted by atomic mass is 35.5. The first-order valence-corrected chi connectivity index (χ1v) is 14.1. The maximum absolute atomic E-state index is 13.1. The maximum atomic E-state index is 13.1. The van der Waals surface area contributed by atoms with Crippen LogP contribution in [0.15, 0.2) is 30.6 Å². The van der Waals surface area contributed by atoms with E-state index in [2.05, 4.69) is 31.2 Å². The van der Waals surface area contributed by atoms with E-state index in [1.54, 1.807) is 16.6 Å². The fourth-order valence-electron chi connectivity index (χ4n) is 5.53. The average molecular weight is 553 g/mol. The van der Waals surface area contributed by atoms with Crippen LogP contribution in [-0.2, 0) is 4.79 Å². The highest BCUT2D eigenvalue weighted by molar-refractivity contribution is 6.29. The molecule has 0 unspecified atom stereocenters. The highest BCUT2D eigenvalue weighted by Crippen LogP contribution is 2.32. The number of hydrogen-bond donors (Lipinski definition) is 5. The maximum Gasteiger partial charge on any atom is 0.276 e. The van der Waals surface area contributed by atoms with Crippen LogP contribution >= 0.6 is 11.6 Å². The molecule has 5 N–H and O–H groups in total. The van der Waals surface area contributed by atoms with Gasteiger partial charge in [-0.3, -0.25) is 9.59 Å². The van der Waals surface area contributed by atoms with Crippen molar-refractivity contribution < 1.29 is 14.7 Å². The first-order valence-electron chi connectivity index (χ1n) is 13.7. The predicted octanol–water partition coefficient (Wildman–Crippen LogP) is 3.26. The summed E-state index contributed by atoms with van der Waals surface area (Å²) in [5, 5.41) is 27.8. The van der Waals surface area contributed by atoms with Gasteiger partial charge in [0.1, 0.15) is 16.8 Å². The van der Waals surface area contributed by atoms with E-state index in [-0.39, 0.29) is 23.8 Å². The molecular formula is C27H33ClN8O3. The number of nitrogens with zero attached hydrogens (tertiary/aromatic N) is 4. The molecule has 0 bridgehead atoms. The Balaban J connectivity index is 1.14. The standard InChI is InChI=1S/C27H33ClN8O3/c28-24-10-18(7-8-29-24)34-27(39)22-14-31-26-21(32-16-5-6-16)12-25(35-36(22)26)33-17-3-1-15(2-4-17)9-23(38)20-11-19(37)13-30-20/h7-8,10,12,14-17,19-20,30,32,37H,1-6,9,11,13H2,(H,33,35)(H,29,34,39)/t15?,17?,19-,20+/m1/s1. The van der Waals surface area contributed by atoms with Crippen LogP contribution in [0.3, 0.4) is 0 Å². The van der Waals surface area contributed by atoms with E-state index in [0.29, 0.717) is 59.3 Å². The first-order chi connectivity index (χ1) is 18.9. The molecule has 1 aliphatic heterocycles. The summed E-state index contributed by atoms with van der Waals surface area (Å²) in [4.78, 5) is 34.2. The number of aliphatic hydroxyl groups is 1. The molecule has 1 saturated heterocycles. The van der Waals surface area contributed by atoms with Crippen LogP contribution in [0.4, 0.5) is 17.2 Å². The number of aliphatic hydroxyl groups excluding tert-OH is 1. The lowest BCUT2D eigenvalue weighted by atomic mass is 9.82. The number of fused-ring (bicyclic) bond motifs is 1. The molecule has 4 heterocycles. The van der Waals surface area contributed by atoms with Crippen molar-refractivity contribution in [3.05, 3.63) is 41.4 Å². The van der Waals surface area contributed by atoms with Crippen LogP contribution in [0.25, 0.3) is 5.65 Å². The van der Waals surface area contributed by atoms with Crippen LogP contribution in [-0.4, -0.2) is 67.2 Å². The van der Waals surface area contributed by atoms with Gasteiger partial charge >= 0.3 is 0 Å². The molecule has 206 valence electrons. The van der Waals surface area contributed by atoms with E-state index in [9.17, 15) is 14.7 Å². The fourth-order valence-corrected chi connectivity index (χ4v) is 5.71. The van der Waals surface area contributed by atoms with Crippen molar-refractivity contribution in [2.45, 2.75) is 75.6 Å². The molecule has 0 radical (unpaired) electrons. The largest absolute Gasteiger partial charge is 0.392 e. The lowest BCUT2D eigenvalue weighted by Gasteiger charge is -2.29. The van der Waals surface area contributed by atoms with Gasteiger partial charge in [-0.2, -0.15) is 0 Å². The van der Waals surface area contributed by atoms with Crippen LogP contribution < -0.4 is 21.3 Å². The molecule has 1 amide bonds.